The Morgan fingerprint density at radius 3 is 2.32 bits per heavy atom. The minimum absolute atomic E-state index is 0.0257. The van der Waals surface area contributed by atoms with Crippen LogP contribution >= 0.6 is 0 Å². The Bertz CT molecular complexity index is 565. The fraction of sp³-hybridized carbons (Fsp3) is 0.154. The van der Waals surface area contributed by atoms with Crippen molar-refractivity contribution in [3.05, 3.63) is 58.4 Å². The smallest absolute Gasteiger partial charge is 0.269 e. The number of non-ortho nitro benzene ring substituents is 1. The molecule has 2 rings (SSSR count). The number of hydrogen-bond acceptors (Lipinski definition) is 5. The number of nitrogens with two attached hydrogens (primary N) is 1. The van der Waals surface area contributed by atoms with Crippen molar-refractivity contribution in [3.8, 4) is 11.5 Å². The van der Waals surface area contributed by atoms with E-state index in [1.54, 1.807) is 18.3 Å². The Balaban J connectivity index is 2.10. The van der Waals surface area contributed by atoms with Crippen LogP contribution in [-0.4, -0.2) is 9.91 Å². The molecule has 0 aliphatic heterocycles. The molecule has 0 saturated heterocycles. The number of nitro groups is 1. The molecule has 19 heavy (non-hydrogen) atoms. The van der Waals surface area contributed by atoms with Gasteiger partial charge < -0.3 is 10.5 Å². The summed E-state index contributed by atoms with van der Waals surface area (Å²) in [5.41, 5.74) is 6.49. The second-order valence-corrected chi connectivity index (χ2v) is 4.06. The van der Waals surface area contributed by atoms with Crippen LogP contribution in [-0.2, 0) is 0 Å². The van der Waals surface area contributed by atoms with Crippen LogP contribution < -0.4 is 10.5 Å². The van der Waals surface area contributed by atoms with Crippen molar-refractivity contribution < 1.29 is 9.66 Å². The maximum atomic E-state index is 10.5. The minimum Gasteiger partial charge on any atom is -0.456 e. The van der Waals surface area contributed by atoms with Crippen molar-refractivity contribution in [1.29, 1.82) is 0 Å². The van der Waals surface area contributed by atoms with Crippen molar-refractivity contribution in [2.24, 2.45) is 5.73 Å². The second-order valence-electron chi connectivity index (χ2n) is 4.06. The number of aromatic nitrogens is 1. The van der Waals surface area contributed by atoms with E-state index >= 15 is 0 Å². The second kappa shape index (κ2) is 5.45. The van der Waals surface area contributed by atoms with E-state index in [1.165, 1.54) is 24.3 Å². The van der Waals surface area contributed by atoms with Gasteiger partial charge in [-0.1, -0.05) is 0 Å². The molecule has 0 saturated carbocycles. The molecule has 0 bridgehead atoms. The SMILES string of the molecule is CC(N)c1ccc(Oc2ccc([N+](=O)[O-])cc2)cn1. The normalized spacial score (nSPS) is 11.9. The molecule has 1 unspecified atom stereocenters. The van der Waals surface area contributed by atoms with E-state index in [0.29, 0.717) is 11.5 Å². The molecule has 0 spiro atoms. The Kier molecular flexibility index (Phi) is 3.72. The number of nitro benzene ring substituents is 1. The molecule has 0 aliphatic carbocycles. The largest absolute Gasteiger partial charge is 0.456 e. The third-order valence-corrected chi connectivity index (χ3v) is 2.51. The zero-order valence-corrected chi connectivity index (χ0v) is 10.3. The molecule has 2 aromatic rings. The van der Waals surface area contributed by atoms with Gasteiger partial charge in [0, 0.05) is 18.2 Å². The molecule has 6 nitrogen and oxygen atoms in total. The van der Waals surface area contributed by atoms with Gasteiger partial charge in [-0.15, -0.1) is 0 Å². The van der Waals surface area contributed by atoms with E-state index in [1.807, 2.05) is 6.92 Å². The first kappa shape index (κ1) is 13.0. The molecule has 1 heterocycles. The highest BCUT2D eigenvalue weighted by Gasteiger charge is 2.06. The van der Waals surface area contributed by atoms with E-state index in [0.717, 1.165) is 5.69 Å². The van der Waals surface area contributed by atoms with Gasteiger partial charge >= 0.3 is 0 Å². The molecule has 1 atom stereocenters. The van der Waals surface area contributed by atoms with E-state index < -0.39 is 4.92 Å². The van der Waals surface area contributed by atoms with Crippen molar-refractivity contribution in [2.45, 2.75) is 13.0 Å². The molecule has 0 fully saturated rings. The van der Waals surface area contributed by atoms with Crippen molar-refractivity contribution in [1.82, 2.24) is 4.98 Å². The van der Waals surface area contributed by atoms with E-state index in [9.17, 15) is 10.1 Å². The van der Waals surface area contributed by atoms with Crippen LogP contribution in [0.1, 0.15) is 18.7 Å². The summed E-state index contributed by atoms with van der Waals surface area (Å²) in [6, 6.07) is 9.26. The molecule has 0 amide bonds. The number of nitrogens with zero attached hydrogens (tertiary/aromatic N) is 2. The molecule has 6 heteroatoms. The fourth-order valence-electron chi connectivity index (χ4n) is 1.49. The van der Waals surface area contributed by atoms with Crippen LogP contribution in [0.3, 0.4) is 0 Å². The lowest BCUT2D eigenvalue weighted by Crippen LogP contribution is -2.06. The van der Waals surface area contributed by atoms with Crippen LogP contribution in [0.15, 0.2) is 42.6 Å². The Hall–Kier alpha value is -2.47. The van der Waals surface area contributed by atoms with Gasteiger partial charge in [-0.05, 0) is 31.2 Å². The summed E-state index contributed by atoms with van der Waals surface area (Å²) in [6.45, 7) is 1.85. The standard InChI is InChI=1S/C13H13N3O3/c1-9(14)13-7-6-12(8-15-13)19-11-4-2-10(3-5-11)16(17)18/h2-9H,14H2,1H3. The van der Waals surface area contributed by atoms with Crippen molar-refractivity contribution in [2.75, 3.05) is 0 Å². The first-order valence-corrected chi connectivity index (χ1v) is 5.70. The Morgan fingerprint density at radius 2 is 1.84 bits per heavy atom. The summed E-state index contributed by atoms with van der Waals surface area (Å²) in [5, 5.41) is 10.5. The fourth-order valence-corrected chi connectivity index (χ4v) is 1.49. The van der Waals surface area contributed by atoms with Crippen LogP contribution in [0.25, 0.3) is 0 Å². The van der Waals surface area contributed by atoms with Crippen LogP contribution in [0.4, 0.5) is 5.69 Å². The molecule has 1 aromatic carbocycles. The van der Waals surface area contributed by atoms with Crippen LogP contribution in [0.5, 0.6) is 11.5 Å². The van der Waals surface area contributed by atoms with E-state index in [-0.39, 0.29) is 11.7 Å². The summed E-state index contributed by atoms with van der Waals surface area (Å²) in [6.07, 6.45) is 1.57. The maximum absolute atomic E-state index is 10.5. The highest BCUT2D eigenvalue weighted by molar-refractivity contribution is 5.38. The molecule has 0 aliphatic rings. The van der Waals surface area contributed by atoms with Crippen molar-refractivity contribution >= 4 is 5.69 Å². The average molecular weight is 259 g/mol. The van der Waals surface area contributed by atoms with Crippen molar-refractivity contribution in [3.63, 3.8) is 0 Å². The van der Waals surface area contributed by atoms with E-state index in [2.05, 4.69) is 4.98 Å². The predicted molar refractivity (Wildman–Crippen MR) is 70.0 cm³/mol. The van der Waals surface area contributed by atoms with Gasteiger partial charge in [0.1, 0.15) is 11.5 Å². The lowest BCUT2D eigenvalue weighted by Gasteiger charge is -2.07. The quantitative estimate of drug-likeness (QED) is 0.673. The Labute approximate surface area is 110 Å². The number of ether oxygens (including phenoxy) is 1. The predicted octanol–water partition coefficient (Wildman–Crippen LogP) is 2.80. The van der Waals surface area contributed by atoms with Gasteiger partial charge in [0.15, 0.2) is 0 Å². The first-order valence-electron chi connectivity index (χ1n) is 5.70. The summed E-state index contributed by atoms with van der Waals surface area (Å²) < 4.78 is 5.52. The third-order valence-electron chi connectivity index (χ3n) is 2.51. The number of hydrogen-bond donors (Lipinski definition) is 1. The highest BCUT2D eigenvalue weighted by atomic mass is 16.6. The molecule has 2 N–H and O–H groups in total. The van der Waals surface area contributed by atoms with Crippen LogP contribution in [0.2, 0.25) is 0 Å². The number of pyridine rings is 1. The zero-order chi connectivity index (χ0) is 13.8. The summed E-state index contributed by atoms with van der Waals surface area (Å²) in [7, 11) is 0. The van der Waals surface area contributed by atoms with E-state index in [4.69, 9.17) is 10.5 Å². The monoisotopic (exact) mass is 259 g/mol. The first-order chi connectivity index (χ1) is 9.06. The third kappa shape index (κ3) is 3.26. The average Bonchev–Trinajstić information content (AvgIpc) is 2.40. The zero-order valence-electron chi connectivity index (χ0n) is 10.3. The van der Waals surface area contributed by atoms with Gasteiger partial charge in [0.05, 0.1) is 16.8 Å². The molecular formula is C13H13N3O3. The lowest BCUT2D eigenvalue weighted by atomic mass is 10.2. The van der Waals surface area contributed by atoms with Gasteiger partial charge in [-0.3, -0.25) is 15.1 Å². The summed E-state index contributed by atoms with van der Waals surface area (Å²) >= 11 is 0. The minimum atomic E-state index is -0.456. The Morgan fingerprint density at radius 1 is 1.21 bits per heavy atom. The number of rotatable bonds is 4. The summed E-state index contributed by atoms with van der Waals surface area (Å²) in [4.78, 5) is 14.2. The molecule has 1 aromatic heterocycles. The highest BCUT2D eigenvalue weighted by Crippen LogP contribution is 2.23. The molecule has 98 valence electrons. The van der Waals surface area contributed by atoms with Gasteiger partial charge in [0.2, 0.25) is 0 Å². The lowest BCUT2D eigenvalue weighted by molar-refractivity contribution is -0.384. The molecular weight excluding hydrogens is 246 g/mol. The van der Waals surface area contributed by atoms with Crippen LogP contribution in [0, 0.1) is 10.1 Å². The molecule has 0 radical (unpaired) electrons. The van der Waals surface area contributed by atoms with Gasteiger partial charge in [0.25, 0.3) is 5.69 Å². The maximum Gasteiger partial charge on any atom is 0.269 e. The van der Waals surface area contributed by atoms with Gasteiger partial charge in [-0.2, -0.15) is 0 Å². The van der Waals surface area contributed by atoms with Gasteiger partial charge in [-0.25, -0.2) is 0 Å². The summed E-state index contributed by atoms with van der Waals surface area (Å²) in [5.74, 6) is 1.07. The number of benzene rings is 1. The topological polar surface area (TPSA) is 91.3 Å².